The molecule has 126 valence electrons. The van der Waals surface area contributed by atoms with Crippen LogP contribution in [-0.4, -0.2) is 11.9 Å². The average Bonchev–Trinajstić information content (AvgIpc) is 2.64. The lowest BCUT2D eigenvalue weighted by Crippen LogP contribution is -2.05. The van der Waals surface area contributed by atoms with Gasteiger partial charge in [-0.25, -0.2) is 0 Å². The fraction of sp³-hybridized carbons (Fsp3) is 0.136. The normalized spacial score (nSPS) is 10.5. The average molecular weight is 332 g/mol. The van der Waals surface area contributed by atoms with Gasteiger partial charge in [-0.05, 0) is 62.4 Å². The standard InChI is InChI=1S/C22H20O3/c1-16(2)24-19-12-14-21(15-13-19)25-20-10-8-18(9-11-20)22(23)17-6-4-3-5-7-17/h3-16H,1-2H3. The summed E-state index contributed by atoms with van der Waals surface area (Å²) < 4.78 is 11.4. The van der Waals surface area contributed by atoms with Crippen LogP contribution in [0.2, 0.25) is 0 Å². The van der Waals surface area contributed by atoms with Gasteiger partial charge in [-0.1, -0.05) is 30.3 Å². The summed E-state index contributed by atoms with van der Waals surface area (Å²) in [6.07, 6.45) is 0.140. The summed E-state index contributed by atoms with van der Waals surface area (Å²) in [4.78, 5) is 12.4. The molecule has 0 aliphatic heterocycles. The summed E-state index contributed by atoms with van der Waals surface area (Å²) in [6.45, 7) is 3.98. The Morgan fingerprint density at radius 3 is 1.72 bits per heavy atom. The predicted octanol–water partition coefficient (Wildman–Crippen LogP) is 5.50. The first kappa shape index (κ1) is 16.8. The highest BCUT2D eigenvalue weighted by molar-refractivity contribution is 6.08. The summed E-state index contributed by atoms with van der Waals surface area (Å²) in [5.74, 6) is 2.22. The molecule has 0 radical (unpaired) electrons. The first-order valence-corrected chi connectivity index (χ1v) is 8.26. The smallest absolute Gasteiger partial charge is 0.193 e. The highest BCUT2D eigenvalue weighted by atomic mass is 16.5. The van der Waals surface area contributed by atoms with Crippen LogP contribution in [-0.2, 0) is 0 Å². The molecule has 0 fully saturated rings. The van der Waals surface area contributed by atoms with Crippen LogP contribution in [0.15, 0.2) is 78.9 Å². The van der Waals surface area contributed by atoms with Crippen molar-refractivity contribution in [3.63, 3.8) is 0 Å². The van der Waals surface area contributed by atoms with E-state index in [4.69, 9.17) is 9.47 Å². The van der Waals surface area contributed by atoms with Crippen LogP contribution >= 0.6 is 0 Å². The molecule has 0 heterocycles. The van der Waals surface area contributed by atoms with Gasteiger partial charge < -0.3 is 9.47 Å². The van der Waals surface area contributed by atoms with Crippen molar-refractivity contribution in [2.45, 2.75) is 20.0 Å². The molecule has 3 rings (SSSR count). The maximum absolute atomic E-state index is 12.4. The molecule has 3 aromatic carbocycles. The molecule has 0 N–H and O–H groups in total. The molecule has 0 aliphatic rings. The Morgan fingerprint density at radius 1 is 0.680 bits per heavy atom. The van der Waals surface area contributed by atoms with E-state index in [2.05, 4.69) is 0 Å². The largest absolute Gasteiger partial charge is 0.491 e. The number of ketones is 1. The van der Waals surface area contributed by atoms with Crippen molar-refractivity contribution in [1.82, 2.24) is 0 Å². The van der Waals surface area contributed by atoms with Gasteiger partial charge in [0.2, 0.25) is 0 Å². The topological polar surface area (TPSA) is 35.5 Å². The second-order valence-corrected chi connectivity index (χ2v) is 5.96. The van der Waals surface area contributed by atoms with Crippen molar-refractivity contribution in [2.24, 2.45) is 0 Å². The van der Waals surface area contributed by atoms with Crippen molar-refractivity contribution in [1.29, 1.82) is 0 Å². The number of hydrogen-bond acceptors (Lipinski definition) is 3. The molecule has 0 aromatic heterocycles. The molecule has 3 aromatic rings. The highest BCUT2D eigenvalue weighted by Gasteiger charge is 2.08. The molecule has 25 heavy (non-hydrogen) atoms. The summed E-state index contributed by atoms with van der Waals surface area (Å²) in [5.41, 5.74) is 1.32. The fourth-order valence-corrected chi connectivity index (χ4v) is 2.43. The van der Waals surface area contributed by atoms with Crippen LogP contribution in [0.4, 0.5) is 0 Å². The van der Waals surface area contributed by atoms with Crippen LogP contribution < -0.4 is 9.47 Å². The molecule has 0 aliphatic carbocycles. The number of carbonyl (C=O) groups excluding carboxylic acids is 1. The second kappa shape index (κ2) is 7.67. The highest BCUT2D eigenvalue weighted by Crippen LogP contribution is 2.25. The Kier molecular flexibility index (Phi) is 5.14. The van der Waals surface area contributed by atoms with Gasteiger partial charge in [-0.3, -0.25) is 4.79 Å². The number of ether oxygens (including phenoxy) is 2. The minimum atomic E-state index is 0.00216. The van der Waals surface area contributed by atoms with E-state index in [1.165, 1.54) is 0 Å². The zero-order valence-corrected chi connectivity index (χ0v) is 14.3. The van der Waals surface area contributed by atoms with E-state index in [-0.39, 0.29) is 11.9 Å². The lowest BCUT2D eigenvalue weighted by atomic mass is 10.0. The second-order valence-electron chi connectivity index (χ2n) is 5.96. The Labute approximate surface area is 147 Å². The molecule has 3 nitrogen and oxygen atoms in total. The minimum absolute atomic E-state index is 0.00216. The van der Waals surface area contributed by atoms with Crippen molar-refractivity contribution in [2.75, 3.05) is 0 Å². The summed E-state index contributed by atoms with van der Waals surface area (Å²) >= 11 is 0. The first-order valence-electron chi connectivity index (χ1n) is 8.26. The molecule has 3 heteroatoms. The Balaban J connectivity index is 1.67. The van der Waals surface area contributed by atoms with Crippen LogP contribution in [0.3, 0.4) is 0 Å². The van der Waals surface area contributed by atoms with Gasteiger partial charge in [0.15, 0.2) is 5.78 Å². The van der Waals surface area contributed by atoms with Gasteiger partial charge in [0, 0.05) is 11.1 Å². The molecular formula is C22H20O3. The predicted molar refractivity (Wildman–Crippen MR) is 98.6 cm³/mol. The van der Waals surface area contributed by atoms with Crippen LogP contribution in [0, 0.1) is 0 Å². The monoisotopic (exact) mass is 332 g/mol. The zero-order chi connectivity index (χ0) is 17.6. The number of hydrogen-bond donors (Lipinski definition) is 0. The van der Waals surface area contributed by atoms with Gasteiger partial charge in [0.1, 0.15) is 17.2 Å². The van der Waals surface area contributed by atoms with Gasteiger partial charge in [0.25, 0.3) is 0 Å². The van der Waals surface area contributed by atoms with E-state index >= 15 is 0 Å². The lowest BCUT2D eigenvalue weighted by Gasteiger charge is -2.11. The van der Waals surface area contributed by atoms with E-state index in [0.717, 1.165) is 11.5 Å². The van der Waals surface area contributed by atoms with E-state index in [9.17, 15) is 4.79 Å². The third-order valence-electron chi connectivity index (χ3n) is 3.58. The van der Waals surface area contributed by atoms with Gasteiger partial charge >= 0.3 is 0 Å². The zero-order valence-electron chi connectivity index (χ0n) is 14.3. The Bertz CT molecular complexity index is 819. The fourth-order valence-electron chi connectivity index (χ4n) is 2.43. The van der Waals surface area contributed by atoms with E-state index in [1.807, 2.05) is 68.4 Å². The summed E-state index contributed by atoms with van der Waals surface area (Å²) in [6, 6.07) is 23.9. The maximum Gasteiger partial charge on any atom is 0.193 e. The lowest BCUT2D eigenvalue weighted by molar-refractivity contribution is 0.103. The van der Waals surface area contributed by atoms with E-state index in [0.29, 0.717) is 16.9 Å². The van der Waals surface area contributed by atoms with Crippen molar-refractivity contribution < 1.29 is 14.3 Å². The maximum atomic E-state index is 12.4. The van der Waals surface area contributed by atoms with Crippen molar-refractivity contribution in [3.8, 4) is 17.2 Å². The van der Waals surface area contributed by atoms with E-state index < -0.39 is 0 Å². The first-order chi connectivity index (χ1) is 12.1. The number of rotatable bonds is 6. The molecular weight excluding hydrogens is 312 g/mol. The molecule has 0 bridgehead atoms. The van der Waals surface area contributed by atoms with Gasteiger partial charge in [0.05, 0.1) is 6.10 Å². The van der Waals surface area contributed by atoms with Crippen LogP contribution in [0.1, 0.15) is 29.8 Å². The number of carbonyl (C=O) groups is 1. The summed E-state index contributed by atoms with van der Waals surface area (Å²) in [5, 5.41) is 0. The van der Waals surface area contributed by atoms with Crippen LogP contribution in [0.25, 0.3) is 0 Å². The molecule has 0 spiro atoms. The van der Waals surface area contributed by atoms with Gasteiger partial charge in [-0.2, -0.15) is 0 Å². The third-order valence-corrected chi connectivity index (χ3v) is 3.58. The van der Waals surface area contributed by atoms with Crippen molar-refractivity contribution in [3.05, 3.63) is 90.0 Å². The van der Waals surface area contributed by atoms with Crippen LogP contribution in [0.5, 0.6) is 17.2 Å². The number of benzene rings is 3. The van der Waals surface area contributed by atoms with Crippen molar-refractivity contribution >= 4 is 5.78 Å². The molecule has 0 unspecified atom stereocenters. The SMILES string of the molecule is CC(C)Oc1ccc(Oc2ccc(C(=O)c3ccccc3)cc2)cc1. The quantitative estimate of drug-likeness (QED) is 0.559. The molecule has 0 atom stereocenters. The third kappa shape index (κ3) is 4.48. The molecule has 0 saturated heterocycles. The van der Waals surface area contributed by atoms with Gasteiger partial charge in [-0.15, -0.1) is 0 Å². The Hall–Kier alpha value is -3.07. The Morgan fingerprint density at radius 2 is 1.16 bits per heavy atom. The molecule has 0 saturated carbocycles. The van der Waals surface area contributed by atoms with E-state index in [1.54, 1.807) is 24.3 Å². The summed E-state index contributed by atoms with van der Waals surface area (Å²) in [7, 11) is 0. The minimum Gasteiger partial charge on any atom is -0.491 e. The molecule has 0 amide bonds.